The van der Waals surface area contributed by atoms with Crippen molar-refractivity contribution in [3.05, 3.63) is 41.4 Å². The quantitative estimate of drug-likeness (QED) is 0.664. The number of benzene rings is 1. The van der Waals surface area contributed by atoms with Crippen LogP contribution < -0.4 is 5.32 Å². The number of hydrogen-bond acceptors (Lipinski definition) is 5. The summed E-state index contributed by atoms with van der Waals surface area (Å²) in [5.74, 6) is -0.103. The van der Waals surface area contributed by atoms with E-state index in [1.807, 2.05) is 5.38 Å². The summed E-state index contributed by atoms with van der Waals surface area (Å²) in [5, 5.41) is 6.95. The number of fused-ring (bicyclic) bond motifs is 1. The molecule has 2 aromatic heterocycles. The van der Waals surface area contributed by atoms with E-state index in [1.54, 1.807) is 0 Å². The lowest BCUT2D eigenvalue weighted by molar-refractivity contribution is 0.0383. The standard InChI is InChI=1S/C21H26N4O2S/c1-2-8-25-18-6-4-3-5-16(18)14-19(25)21-23-17(15-28-21)20(26)22-7-9-24-10-12-27-13-11-24/h3-6,14-15H,2,7-13H2,1H3,(H,22,26). The Morgan fingerprint density at radius 3 is 2.89 bits per heavy atom. The topological polar surface area (TPSA) is 59.4 Å². The molecule has 1 aromatic carbocycles. The third kappa shape index (κ3) is 4.11. The second-order valence-corrected chi connectivity index (χ2v) is 7.85. The van der Waals surface area contributed by atoms with Gasteiger partial charge in [-0.05, 0) is 18.6 Å². The van der Waals surface area contributed by atoms with E-state index < -0.39 is 0 Å². The van der Waals surface area contributed by atoms with Crippen LogP contribution in [0, 0.1) is 0 Å². The molecule has 1 amide bonds. The van der Waals surface area contributed by atoms with E-state index in [2.05, 4.69) is 57.0 Å². The van der Waals surface area contributed by atoms with Crippen LogP contribution in [-0.4, -0.2) is 59.8 Å². The van der Waals surface area contributed by atoms with Crippen LogP contribution in [0.3, 0.4) is 0 Å². The average Bonchev–Trinajstić information content (AvgIpc) is 3.34. The van der Waals surface area contributed by atoms with Crippen LogP contribution in [0.15, 0.2) is 35.7 Å². The predicted octanol–water partition coefficient (Wildman–Crippen LogP) is 3.24. The molecule has 0 atom stereocenters. The number of rotatable bonds is 7. The maximum atomic E-state index is 12.5. The first-order chi connectivity index (χ1) is 13.8. The molecule has 1 aliphatic heterocycles. The zero-order valence-electron chi connectivity index (χ0n) is 16.2. The van der Waals surface area contributed by atoms with Crippen LogP contribution >= 0.6 is 11.3 Å². The Bertz CT molecular complexity index is 943. The SMILES string of the molecule is CCCn1c(-c2nc(C(=O)NCCN3CCOCC3)cs2)cc2ccccc21. The maximum Gasteiger partial charge on any atom is 0.270 e. The van der Waals surface area contributed by atoms with Gasteiger partial charge in [0.1, 0.15) is 10.7 Å². The second-order valence-electron chi connectivity index (χ2n) is 6.99. The number of thiazole rings is 1. The van der Waals surface area contributed by atoms with E-state index in [9.17, 15) is 4.79 Å². The van der Waals surface area contributed by atoms with Gasteiger partial charge in [-0.2, -0.15) is 0 Å². The number of para-hydroxylation sites is 1. The Balaban J connectivity index is 1.46. The number of morpholine rings is 1. The maximum absolute atomic E-state index is 12.5. The molecule has 148 valence electrons. The van der Waals surface area contributed by atoms with Crippen LogP contribution in [0.2, 0.25) is 0 Å². The van der Waals surface area contributed by atoms with Crippen molar-refractivity contribution >= 4 is 28.1 Å². The number of amides is 1. The molecule has 1 fully saturated rings. The molecule has 0 radical (unpaired) electrons. The first-order valence-corrected chi connectivity index (χ1v) is 10.8. The summed E-state index contributed by atoms with van der Waals surface area (Å²) in [5.41, 5.74) is 2.79. The summed E-state index contributed by atoms with van der Waals surface area (Å²) in [6, 6.07) is 10.5. The van der Waals surface area contributed by atoms with Crippen LogP contribution in [0.25, 0.3) is 21.6 Å². The van der Waals surface area contributed by atoms with Crippen LogP contribution in [-0.2, 0) is 11.3 Å². The van der Waals surface area contributed by atoms with E-state index >= 15 is 0 Å². The van der Waals surface area contributed by atoms with Gasteiger partial charge in [0.2, 0.25) is 0 Å². The van der Waals surface area contributed by atoms with Crippen molar-refractivity contribution in [2.24, 2.45) is 0 Å². The molecule has 6 nitrogen and oxygen atoms in total. The first kappa shape index (κ1) is 19.1. The second kappa shape index (κ2) is 8.86. The minimum atomic E-state index is -0.103. The molecule has 3 aromatic rings. The lowest BCUT2D eigenvalue weighted by Crippen LogP contribution is -2.41. The molecular formula is C21H26N4O2S. The summed E-state index contributed by atoms with van der Waals surface area (Å²) in [6.45, 7) is 7.98. The number of ether oxygens (including phenoxy) is 1. The molecule has 1 saturated heterocycles. The van der Waals surface area contributed by atoms with Gasteiger partial charge in [-0.1, -0.05) is 25.1 Å². The normalized spacial score (nSPS) is 15.2. The van der Waals surface area contributed by atoms with Gasteiger partial charge in [0.15, 0.2) is 0 Å². The highest BCUT2D eigenvalue weighted by atomic mass is 32.1. The number of carbonyl (C=O) groups is 1. The van der Waals surface area contributed by atoms with Crippen molar-refractivity contribution in [2.45, 2.75) is 19.9 Å². The Hall–Kier alpha value is -2.22. The Morgan fingerprint density at radius 2 is 2.07 bits per heavy atom. The molecule has 1 N–H and O–H groups in total. The van der Waals surface area contributed by atoms with E-state index in [4.69, 9.17) is 4.74 Å². The summed E-state index contributed by atoms with van der Waals surface area (Å²) < 4.78 is 7.65. The summed E-state index contributed by atoms with van der Waals surface area (Å²) >= 11 is 1.53. The third-order valence-electron chi connectivity index (χ3n) is 5.03. The van der Waals surface area contributed by atoms with Crippen molar-refractivity contribution < 1.29 is 9.53 Å². The van der Waals surface area contributed by atoms with Crippen LogP contribution in [0.4, 0.5) is 0 Å². The third-order valence-corrected chi connectivity index (χ3v) is 5.90. The van der Waals surface area contributed by atoms with E-state index in [0.29, 0.717) is 12.2 Å². The molecular weight excluding hydrogens is 372 g/mol. The molecule has 0 saturated carbocycles. The van der Waals surface area contributed by atoms with E-state index in [0.717, 1.165) is 56.5 Å². The van der Waals surface area contributed by atoms with Crippen molar-refractivity contribution in [3.8, 4) is 10.7 Å². The first-order valence-electron chi connectivity index (χ1n) is 9.88. The number of nitrogens with zero attached hydrogens (tertiary/aromatic N) is 3. The minimum Gasteiger partial charge on any atom is -0.379 e. The van der Waals surface area contributed by atoms with Crippen molar-refractivity contribution in [1.82, 2.24) is 19.8 Å². The van der Waals surface area contributed by atoms with Crippen molar-refractivity contribution in [3.63, 3.8) is 0 Å². The van der Waals surface area contributed by atoms with Gasteiger partial charge in [-0.3, -0.25) is 9.69 Å². The molecule has 0 spiro atoms. The molecule has 0 bridgehead atoms. The van der Waals surface area contributed by atoms with Gasteiger partial charge in [-0.15, -0.1) is 11.3 Å². The molecule has 28 heavy (non-hydrogen) atoms. The van der Waals surface area contributed by atoms with Gasteiger partial charge in [0.25, 0.3) is 5.91 Å². The minimum absolute atomic E-state index is 0.103. The summed E-state index contributed by atoms with van der Waals surface area (Å²) in [6.07, 6.45) is 1.05. The van der Waals surface area contributed by atoms with Gasteiger partial charge in [0.05, 0.1) is 18.9 Å². The van der Waals surface area contributed by atoms with Gasteiger partial charge >= 0.3 is 0 Å². The number of aromatic nitrogens is 2. The number of nitrogens with one attached hydrogen (secondary N) is 1. The Morgan fingerprint density at radius 1 is 1.25 bits per heavy atom. The fraction of sp³-hybridized carbons (Fsp3) is 0.429. The average molecular weight is 399 g/mol. The highest BCUT2D eigenvalue weighted by Crippen LogP contribution is 2.30. The smallest absolute Gasteiger partial charge is 0.270 e. The van der Waals surface area contributed by atoms with Gasteiger partial charge in [0, 0.05) is 49.0 Å². The van der Waals surface area contributed by atoms with E-state index in [-0.39, 0.29) is 5.91 Å². The van der Waals surface area contributed by atoms with E-state index in [1.165, 1.54) is 22.2 Å². The Kier molecular flexibility index (Phi) is 6.04. The lowest BCUT2D eigenvalue weighted by Gasteiger charge is -2.26. The summed E-state index contributed by atoms with van der Waals surface area (Å²) in [7, 11) is 0. The Labute approximate surface area is 169 Å². The summed E-state index contributed by atoms with van der Waals surface area (Å²) in [4.78, 5) is 19.4. The highest BCUT2D eigenvalue weighted by Gasteiger charge is 2.17. The zero-order chi connectivity index (χ0) is 19.3. The number of hydrogen-bond donors (Lipinski definition) is 1. The van der Waals surface area contributed by atoms with Crippen molar-refractivity contribution in [1.29, 1.82) is 0 Å². The molecule has 3 heterocycles. The van der Waals surface area contributed by atoms with Gasteiger partial charge < -0.3 is 14.6 Å². The monoisotopic (exact) mass is 398 g/mol. The predicted molar refractivity (Wildman–Crippen MR) is 113 cm³/mol. The largest absolute Gasteiger partial charge is 0.379 e. The molecule has 4 rings (SSSR count). The fourth-order valence-corrected chi connectivity index (χ4v) is 4.41. The number of aryl methyl sites for hydroxylation is 1. The van der Waals surface area contributed by atoms with Crippen LogP contribution in [0.1, 0.15) is 23.8 Å². The molecule has 0 unspecified atom stereocenters. The molecule has 7 heteroatoms. The lowest BCUT2D eigenvalue weighted by atomic mass is 10.2. The molecule has 0 aliphatic carbocycles. The highest BCUT2D eigenvalue weighted by molar-refractivity contribution is 7.13. The fourth-order valence-electron chi connectivity index (χ4n) is 3.59. The zero-order valence-corrected chi connectivity index (χ0v) is 17.0. The number of carbonyl (C=O) groups excluding carboxylic acids is 1. The van der Waals surface area contributed by atoms with Crippen LogP contribution in [0.5, 0.6) is 0 Å². The van der Waals surface area contributed by atoms with Crippen molar-refractivity contribution in [2.75, 3.05) is 39.4 Å². The van der Waals surface area contributed by atoms with Gasteiger partial charge in [-0.25, -0.2) is 4.98 Å². The molecule has 1 aliphatic rings.